The zero-order valence-corrected chi connectivity index (χ0v) is 19.9. The Bertz CT molecular complexity index is 1220. The number of carbonyl (C=O) groups is 2. The molecule has 2 heterocycles. The largest absolute Gasteiger partial charge is 0.496 e. The number of para-hydroxylation sites is 1. The highest BCUT2D eigenvalue weighted by Crippen LogP contribution is 2.33. The van der Waals surface area contributed by atoms with Gasteiger partial charge in [0.05, 0.1) is 17.7 Å². The zero-order valence-electron chi connectivity index (χ0n) is 19.1. The zero-order chi connectivity index (χ0) is 24.3. The van der Waals surface area contributed by atoms with E-state index in [-0.39, 0.29) is 42.9 Å². The van der Waals surface area contributed by atoms with Crippen molar-refractivity contribution in [3.8, 4) is 11.5 Å². The second kappa shape index (κ2) is 9.86. The van der Waals surface area contributed by atoms with Crippen molar-refractivity contribution in [2.24, 2.45) is 0 Å². The topological polar surface area (TPSA) is 105 Å². The lowest BCUT2D eigenvalue weighted by atomic mass is 10.2. The van der Waals surface area contributed by atoms with Crippen LogP contribution in [0.1, 0.15) is 18.9 Å². The molecule has 0 radical (unpaired) electrons. The molecule has 1 fully saturated rings. The molecule has 1 N–H and O–H groups in total. The molecule has 2 aromatic carbocycles. The fraction of sp³-hybridized carbons (Fsp3) is 0.333. The van der Waals surface area contributed by atoms with Crippen molar-refractivity contribution < 1.29 is 27.5 Å². The third kappa shape index (κ3) is 4.78. The van der Waals surface area contributed by atoms with E-state index in [0.717, 1.165) is 5.56 Å². The van der Waals surface area contributed by atoms with Gasteiger partial charge in [-0.25, -0.2) is 8.42 Å². The van der Waals surface area contributed by atoms with Crippen LogP contribution in [-0.4, -0.2) is 68.8 Å². The first-order chi connectivity index (χ1) is 16.3. The van der Waals surface area contributed by atoms with Gasteiger partial charge < -0.3 is 19.7 Å². The molecular weight excluding hydrogens is 458 g/mol. The number of hydrogen-bond acceptors (Lipinski definition) is 6. The standard InChI is InChI=1S/C24H27N3O6S/c1-3-20-24(29)25-19-16-18(9-10-22(19)33-20)34(30,31)27-14-12-26(13-15-27)23(28)11-8-17-6-4-5-7-21(17)32-2/h4-11,16,20H,3,12-15H2,1-2H3,(H,25,29)/b11-8+. The summed E-state index contributed by atoms with van der Waals surface area (Å²) in [5.74, 6) is 0.627. The Morgan fingerprint density at radius 1 is 1.18 bits per heavy atom. The number of nitrogens with one attached hydrogen (secondary N) is 1. The second-order valence-electron chi connectivity index (χ2n) is 7.97. The molecule has 10 heteroatoms. The molecule has 2 aliphatic rings. The van der Waals surface area contributed by atoms with E-state index in [2.05, 4.69) is 5.32 Å². The molecule has 9 nitrogen and oxygen atoms in total. The fourth-order valence-electron chi connectivity index (χ4n) is 3.93. The molecule has 4 rings (SSSR count). The maximum Gasteiger partial charge on any atom is 0.265 e. The quantitative estimate of drug-likeness (QED) is 0.630. The van der Waals surface area contributed by atoms with Gasteiger partial charge in [0.25, 0.3) is 5.91 Å². The van der Waals surface area contributed by atoms with Crippen molar-refractivity contribution in [3.63, 3.8) is 0 Å². The summed E-state index contributed by atoms with van der Waals surface area (Å²) in [6, 6.07) is 11.8. The van der Waals surface area contributed by atoms with Gasteiger partial charge in [-0.05, 0) is 36.8 Å². The Balaban J connectivity index is 1.41. The van der Waals surface area contributed by atoms with Gasteiger partial charge in [0, 0.05) is 37.8 Å². The second-order valence-corrected chi connectivity index (χ2v) is 9.90. The third-order valence-corrected chi connectivity index (χ3v) is 7.77. The number of methoxy groups -OCH3 is 1. The van der Waals surface area contributed by atoms with Gasteiger partial charge in [-0.15, -0.1) is 0 Å². The van der Waals surface area contributed by atoms with Gasteiger partial charge >= 0.3 is 0 Å². The minimum atomic E-state index is -3.79. The maximum atomic E-state index is 13.2. The number of anilines is 1. The molecule has 0 bridgehead atoms. The normalized spacial score (nSPS) is 18.8. The number of hydrogen-bond donors (Lipinski definition) is 1. The summed E-state index contributed by atoms with van der Waals surface area (Å²) in [6.07, 6.45) is 3.09. The number of carbonyl (C=O) groups excluding carboxylic acids is 2. The lowest BCUT2D eigenvalue weighted by molar-refractivity contribution is -0.127. The van der Waals surface area contributed by atoms with Gasteiger partial charge in [0.2, 0.25) is 15.9 Å². The Morgan fingerprint density at radius 3 is 2.62 bits per heavy atom. The third-order valence-electron chi connectivity index (χ3n) is 5.87. The van der Waals surface area contributed by atoms with Gasteiger partial charge in [-0.2, -0.15) is 4.31 Å². The Hall–Kier alpha value is -3.37. The number of piperazine rings is 1. The van der Waals surface area contributed by atoms with Crippen LogP contribution in [0, 0.1) is 0 Å². The number of amides is 2. The molecule has 0 aromatic heterocycles. The lowest BCUT2D eigenvalue weighted by Crippen LogP contribution is -2.50. The number of ether oxygens (including phenoxy) is 2. The molecule has 0 aliphatic carbocycles. The molecule has 2 amide bonds. The van der Waals surface area contributed by atoms with Crippen LogP contribution in [0.25, 0.3) is 6.08 Å². The molecule has 1 atom stereocenters. The minimum Gasteiger partial charge on any atom is -0.496 e. The molecule has 2 aliphatic heterocycles. The predicted molar refractivity (Wildman–Crippen MR) is 127 cm³/mol. The fourth-order valence-corrected chi connectivity index (χ4v) is 5.38. The molecule has 1 saturated heterocycles. The molecule has 2 aromatic rings. The Kier molecular flexibility index (Phi) is 6.90. The molecule has 34 heavy (non-hydrogen) atoms. The van der Waals surface area contributed by atoms with Gasteiger partial charge in [0.15, 0.2) is 6.10 Å². The van der Waals surface area contributed by atoms with Crippen molar-refractivity contribution >= 4 is 33.6 Å². The van der Waals surface area contributed by atoms with Gasteiger partial charge in [-0.3, -0.25) is 9.59 Å². The van der Waals surface area contributed by atoms with Crippen LogP contribution >= 0.6 is 0 Å². The summed E-state index contributed by atoms with van der Waals surface area (Å²) in [5, 5.41) is 2.72. The number of nitrogens with zero attached hydrogens (tertiary/aromatic N) is 2. The van der Waals surface area contributed by atoms with Crippen LogP contribution in [0.15, 0.2) is 53.4 Å². The highest BCUT2D eigenvalue weighted by Gasteiger charge is 2.32. The van der Waals surface area contributed by atoms with E-state index in [0.29, 0.717) is 23.6 Å². The number of fused-ring (bicyclic) bond motifs is 1. The first kappa shape index (κ1) is 23.8. The van der Waals surface area contributed by atoms with E-state index >= 15 is 0 Å². The van der Waals surface area contributed by atoms with Crippen molar-refractivity contribution in [1.29, 1.82) is 0 Å². The molecule has 0 saturated carbocycles. The Labute approximate surface area is 199 Å². The van der Waals surface area contributed by atoms with E-state index in [4.69, 9.17) is 9.47 Å². The van der Waals surface area contributed by atoms with Crippen molar-refractivity contribution in [1.82, 2.24) is 9.21 Å². The summed E-state index contributed by atoms with van der Waals surface area (Å²) in [7, 11) is -2.22. The summed E-state index contributed by atoms with van der Waals surface area (Å²) < 4.78 is 38.6. The average Bonchev–Trinajstić information content (AvgIpc) is 2.86. The maximum absolute atomic E-state index is 13.2. The Morgan fingerprint density at radius 2 is 1.91 bits per heavy atom. The minimum absolute atomic E-state index is 0.0703. The van der Waals surface area contributed by atoms with Gasteiger partial charge in [0.1, 0.15) is 11.5 Å². The molecule has 0 spiro atoms. The average molecular weight is 486 g/mol. The summed E-state index contributed by atoms with van der Waals surface area (Å²) in [6.45, 7) is 2.74. The summed E-state index contributed by atoms with van der Waals surface area (Å²) >= 11 is 0. The summed E-state index contributed by atoms with van der Waals surface area (Å²) in [5.41, 5.74) is 1.12. The number of sulfonamides is 1. The van der Waals surface area contributed by atoms with Crippen LogP contribution in [-0.2, 0) is 19.6 Å². The van der Waals surface area contributed by atoms with Crippen LogP contribution in [0.5, 0.6) is 11.5 Å². The van der Waals surface area contributed by atoms with E-state index in [1.807, 2.05) is 31.2 Å². The first-order valence-corrected chi connectivity index (χ1v) is 12.5. The van der Waals surface area contributed by atoms with Crippen molar-refractivity contribution in [2.75, 3.05) is 38.6 Å². The van der Waals surface area contributed by atoms with E-state index < -0.39 is 16.1 Å². The lowest BCUT2D eigenvalue weighted by Gasteiger charge is -2.33. The van der Waals surface area contributed by atoms with Crippen LogP contribution < -0.4 is 14.8 Å². The highest BCUT2D eigenvalue weighted by atomic mass is 32.2. The smallest absolute Gasteiger partial charge is 0.265 e. The highest BCUT2D eigenvalue weighted by molar-refractivity contribution is 7.89. The first-order valence-electron chi connectivity index (χ1n) is 11.0. The van der Waals surface area contributed by atoms with E-state index in [1.165, 1.54) is 22.5 Å². The molecule has 180 valence electrons. The number of benzene rings is 2. The SMILES string of the molecule is CCC1Oc2ccc(S(=O)(=O)N3CCN(C(=O)/C=C/c4ccccc4OC)CC3)cc2NC1=O. The predicted octanol–water partition coefficient (Wildman–Crippen LogP) is 2.35. The van der Waals surface area contributed by atoms with Crippen LogP contribution in [0.4, 0.5) is 5.69 Å². The van der Waals surface area contributed by atoms with E-state index in [9.17, 15) is 18.0 Å². The van der Waals surface area contributed by atoms with E-state index in [1.54, 1.807) is 24.2 Å². The molecular formula is C24H27N3O6S. The van der Waals surface area contributed by atoms with Crippen molar-refractivity contribution in [2.45, 2.75) is 24.3 Å². The van der Waals surface area contributed by atoms with Crippen LogP contribution in [0.3, 0.4) is 0 Å². The van der Waals surface area contributed by atoms with Crippen LogP contribution in [0.2, 0.25) is 0 Å². The summed E-state index contributed by atoms with van der Waals surface area (Å²) in [4.78, 5) is 26.4. The van der Waals surface area contributed by atoms with Gasteiger partial charge in [-0.1, -0.05) is 25.1 Å². The molecule has 1 unspecified atom stereocenters. The van der Waals surface area contributed by atoms with Crippen molar-refractivity contribution in [3.05, 3.63) is 54.1 Å². The monoisotopic (exact) mass is 485 g/mol. The number of rotatable bonds is 6.